The summed E-state index contributed by atoms with van der Waals surface area (Å²) in [7, 11) is 0. The first-order chi connectivity index (χ1) is 10.1. The largest absolute Gasteiger partial charge is 0.306 e. The topological polar surface area (TPSA) is 45.8 Å². The second-order valence-electron chi connectivity index (χ2n) is 4.81. The van der Waals surface area contributed by atoms with E-state index in [-0.39, 0.29) is 5.56 Å². The van der Waals surface area contributed by atoms with Gasteiger partial charge in [0.2, 0.25) is 0 Å². The maximum absolute atomic E-state index is 11.9. The van der Waals surface area contributed by atoms with E-state index in [9.17, 15) is 4.79 Å². The summed E-state index contributed by atoms with van der Waals surface area (Å²) in [5, 5.41) is 0.663. The van der Waals surface area contributed by atoms with Crippen LogP contribution >= 0.6 is 11.6 Å². The molecule has 0 spiro atoms. The number of aromatic nitrogens is 2. The van der Waals surface area contributed by atoms with E-state index < -0.39 is 0 Å². The summed E-state index contributed by atoms with van der Waals surface area (Å²) in [6.07, 6.45) is 0. The van der Waals surface area contributed by atoms with Gasteiger partial charge >= 0.3 is 0 Å². The average molecular weight is 297 g/mol. The highest BCUT2D eigenvalue weighted by Crippen LogP contribution is 2.24. The quantitative estimate of drug-likeness (QED) is 0.775. The molecule has 0 saturated carbocycles. The van der Waals surface area contributed by atoms with Crippen LogP contribution in [0, 0.1) is 6.92 Å². The van der Waals surface area contributed by atoms with Crippen LogP contribution in [0.25, 0.3) is 22.6 Å². The zero-order chi connectivity index (χ0) is 14.8. The SMILES string of the molecule is Cc1ccc(-c2cc(=O)[nH]c(-c3ccccc3)n2)cc1Cl. The van der Waals surface area contributed by atoms with Crippen molar-refractivity contribution in [2.75, 3.05) is 0 Å². The van der Waals surface area contributed by atoms with Crippen molar-refractivity contribution in [3.63, 3.8) is 0 Å². The Morgan fingerprint density at radius 3 is 2.48 bits per heavy atom. The van der Waals surface area contributed by atoms with Crippen LogP contribution in [-0.2, 0) is 0 Å². The molecule has 0 fully saturated rings. The number of nitrogens with one attached hydrogen (secondary N) is 1. The van der Waals surface area contributed by atoms with Crippen LogP contribution in [-0.4, -0.2) is 9.97 Å². The lowest BCUT2D eigenvalue weighted by Gasteiger charge is -2.06. The number of H-pyrrole nitrogens is 1. The molecule has 4 heteroatoms. The van der Waals surface area contributed by atoms with Crippen LogP contribution in [0.1, 0.15) is 5.56 Å². The molecule has 0 unspecified atom stereocenters. The second-order valence-corrected chi connectivity index (χ2v) is 5.22. The Morgan fingerprint density at radius 1 is 1.00 bits per heavy atom. The maximum atomic E-state index is 11.9. The lowest BCUT2D eigenvalue weighted by molar-refractivity contribution is 1.13. The molecule has 0 amide bonds. The van der Waals surface area contributed by atoms with E-state index in [0.29, 0.717) is 16.5 Å². The molecule has 1 N–H and O–H groups in total. The molecule has 104 valence electrons. The van der Waals surface area contributed by atoms with Gasteiger partial charge in [-0.05, 0) is 18.6 Å². The minimum absolute atomic E-state index is 0.185. The monoisotopic (exact) mass is 296 g/mol. The van der Waals surface area contributed by atoms with Gasteiger partial charge in [0.15, 0.2) is 0 Å². The van der Waals surface area contributed by atoms with Gasteiger partial charge in [0.25, 0.3) is 5.56 Å². The van der Waals surface area contributed by atoms with Gasteiger partial charge in [0.05, 0.1) is 5.69 Å². The Kier molecular flexibility index (Phi) is 3.59. The fourth-order valence-corrected chi connectivity index (χ4v) is 2.27. The third kappa shape index (κ3) is 2.88. The van der Waals surface area contributed by atoms with Crippen LogP contribution in [0.5, 0.6) is 0 Å². The number of hydrogen-bond donors (Lipinski definition) is 1. The van der Waals surface area contributed by atoms with Crippen molar-refractivity contribution in [2.24, 2.45) is 0 Å². The van der Waals surface area contributed by atoms with Crippen molar-refractivity contribution in [2.45, 2.75) is 6.92 Å². The Morgan fingerprint density at radius 2 is 1.76 bits per heavy atom. The standard InChI is InChI=1S/C17H13ClN2O/c1-11-7-8-13(9-14(11)18)15-10-16(21)20-17(19-15)12-5-3-2-4-6-12/h2-10H,1H3,(H,19,20,21). The first-order valence-corrected chi connectivity index (χ1v) is 6.94. The fourth-order valence-electron chi connectivity index (χ4n) is 2.09. The van der Waals surface area contributed by atoms with E-state index in [1.165, 1.54) is 6.07 Å². The van der Waals surface area contributed by atoms with E-state index >= 15 is 0 Å². The third-order valence-electron chi connectivity index (χ3n) is 3.26. The number of halogens is 1. The highest BCUT2D eigenvalue weighted by molar-refractivity contribution is 6.31. The minimum Gasteiger partial charge on any atom is -0.306 e. The molecule has 0 radical (unpaired) electrons. The summed E-state index contributed by atoms with van der Waals surface area (Å²) in [5.41, 5.74) is 3.12. The minimum atomic E-state index is -0.185. The lowest BCUT2D eigenvalue weighted by atomic mass is 10.1. The van der Waals surface area contributed by atoms with Crippen molar-refractivity contribution in [3.05, 3.63) is 75.5 Å². The van der Waals surface area contributed by atoms with Crippen molar-refractivity contribution in [1.82, 2.24) is 9.97 Å². The van der Waals surface area contributed by atoms with Gasteiger partial charge in [-0.25, -0.2) is 4.98 Å². The molecule has 0 aliphatic carbocycles. The van der Waals surface area contributed by atoms with Gasteiger partial charge in [-0.2, -0.15) is 0 Å². The summed E-state index contributed by atoms with van der Waals surface area (Å²) in [6.45, 7) is 1.94. The summed E-state index contributed by atoms with van der Waals surface area (Å²) in [5.74, 6) is 0.551. The zero-order valence-electron chi connectivity index (χ0n) is 11.4. The molecule has 0 saturated heterocycles. The molecular weight excluding hydrogens is 284 g/mol. The Balaban J connectivity index is 2.14. The summed E-state index contributed by atoms with van der Waals surface area (Å²) in [4.78, 5) is 19.2. The normalized spacial score (nSPS) is 10.6. The van der Waals surface area contributed by atoms with Crippen molar-refractivity contribution >= 4 is 11.6 Å². The number of aromatic amines is 1. The predicted molar refractivity (Wildman–Crippen MR) is 85.5 cm³/mol. The van der Waals surface area contributed by atoms with Crippen molar-refractivity contribution < 1.29 is 0 Å². The van der Waals surface area contributed by atoms with Crippen molar-refractivity contribution in [1.29, 1.82) is 0 Å². The summed E-state index contributed by atoms with van der Waals surface area (Å²) >= 11 is 6.15. The maximum Gasteiger partial charge on any atom is 0.251 e. The highest BCUT2D eigenvalue weighted by atomic mass is 35.5. The van der Waals surface area contributed by atoms with Gasteiger partial charge in [0.1, 0.15) is 5.82 Å². The smallest absolute Gasteiger partial charge is 0.251 e. The van der Waals surface area contributed by atoms with Crippen LogP contribution < -0.4 is 5.56 Å². The summed E-state index contributed by atoms with van der Waals surface area (Å²) in [6, 6.07) is 16.7. The molecule has 1 heterocycles. The first-order valence-electron chi connectivity index (χ1n) is 6.57. The number of aryl methyl sites for hydroxylation is 1. The van der Waals surface area contributed by atoms with Crippen LogP contribution in [0.15, 0.2) is 59.4 Å². The molecule has 3 aromatic rings. The van der Waals surface area contributed by atoms with E-state index in [4.69, 9.17) is 11.6 Å². The molecule has 0 aliphatic heterocycles. The molecule has 0 aliphatic rings. The van der Waals surface area contributed by atoms with Gasteiger partial charge in [-0.15, -0.1) is 0 Å². The molecule has 0 bridgehead atoms. The molecular formula is C17H13ClN2O. The number of hydrogen-bond acceptors (Lipinski definition) is 2. The Labute approximate surface area is 127 Å². The van der Waals surface area contributed by atoms with Crippen molar-refractivity contribution in [3.8, 4) is 22.6 Å². The van der Waals surface area contributed by atoms with Gasteiger partial charge in [0, 0.05) is 22.2 Å². The Hall–Kier alpha value is -2.39. The molecule has 21 heavy (non-hydrogen) atoms. The van der Waals surface area contributed by atoms with Gasteiger partial charge in [-0.3, -0.25) is 4.79 Å². The summed E-state index contributed by atoms with van der Waals surface area (Å²) < 4.78 is 0. The first kappa shape index (κ1) is 13.6. The highest BCUT2D eigenvalue weighted by Gasteiger charge is 2.07. The average Bonchev–Trinajstić information content (AvgIpc) is 2.50. The third-order valence-corrected chi connectivity index (χ3v) is 3.66. The van der Waals surface area contributed by atoms with Gasteiger partial charge in [-0.1, -0.05) is 54.1 Å². The van der Waals surface area contributed by atoms with E-state index in [2.05, 4.69) is 9.97 Å². The van der Waals surface area contributed by atoms with Crippen LogP contribution in [0.4, 0.5) is 0 Å². The molecule has 1 aromatic heterocycles. The number of benzene rings is 2. The zero-order valence-corrected chi connectivity index (χ0v) is 12.2. The molecule has 2 aromatic carbocycles. The van der Waals surface area contributed by atoms with Crippen LogP contribution in [0.2, 0.25) is 5.02 Å². The van der Waals surface area contributed by atoms with Gasteiger partial charge < -0.3 is 4.98 Å². The molecule has 3 nitrogen and oxygen atoms in total. The van der Waals surface area contributed by atoms with Crippen LogP contribution in [0.3, 0.4) is 0 Å². The second kappa shape index (κ2) is 5.54. The van der Waals surface area contributed by atoms with E-state index in [0.717, 1.165) is 16.7 Å². The lowest BCUT2D eigenvalue weighted by Crippen LogP contribution is -2.08. The fraction of sp³-hybridized carbons (Fsp3) is 0.0588. The number of rotatable bonds is 2. The van der Waals surface area contributed by atoms with E-state index in [1.54, 1.807) is 0 Å². The predicted octanol–water partition coefficient (Wildman–Crippen LogP) is 4.07. The molecule has 3 rings (SSSR count). The van der Waals surface area contributed by atoms with E-state index in [1.807, 2.05) is 55.5 Å². The molecule has 0 atom stereocenters. The number of nitrogens with zero attached hydrogens (tertiary/aromatic N) is 1. The Bertz CT molecular complexity index is 841.